The molecule has 0 unspecified atom stereocenters. The largest absolute Gasteiger partial charge is 0.359 e. The summed E-state index contributed by atoms with van der Waals surface area (Å²) >= 11 is 0. The minimum absolute atomic E-state index is 0.0480. The van der Waals surface area contributed by atoms with Crippen molar-refractivity contribution in [2.75, 3.05) is 19.3 Å². The van der Waals surface area contributed by atoms with Gasteiger partial charge in [-0.1, -0.05) is 24.6 Å². The topological polar surface area (TPSA) is 88.3 Å². The highest BCUT2D eigenvalue weighted by Crippen LogP contribution is 2.25. The minimum atomic E-state index is -3.21. The van der Waals surface area contributed by atoms with Crippen molar-refractivity contribution in [2.24, 2.45) is 5.92 Å². The molecular weight excluding hydrogens is 340 g/mol. The van der Waals surface area contributed by atoms with Crippen LogP contribution in [0.3, 0.4) is 0 Å². The highest BCUT2D eigenvalue weighted by Gasteiger charge is 2.34. The van der Waals surface area contributed by atoms with Crippen LogP contribution in [0.1, 0.15) is 25.5 Å². The van der Waals surface area contributed by atoms with Gasteiger partial charge in [0.2, 0.25) is 10.0 Å². The van der Waals surface area contributed by atoms with Crippen LogP contribution in [0.2, 0.25) is 0 Å². The molecule has 1 N–H and O–H groups in total. The molecule has 136 valence electrons. The smallest absolute Gasteiger partial charge is 0.209 e. The Kier molecular flexibility index (Phi) is 5.51. The summed E-state index contributed by atoms with van der Waals surface area (Å²) < 4.78 is 31.4. The number of likely N-dealkylation sites (tertiary alicyclic amines) is 1. The molecule has 1 aliphatic rings. The molecule has 3 heterocycles. The lowest BCUT2D eigenvalue weighted by Gasteiger charge is -2.17. The summed E-state index contributed by atoms with van der Waals surface area (Å²) in [6, 6.07) is 7.51. The van der Waals surface area contributed by atoms with Gasteiger partial charge in [0.05, 0.1) is 18.5 Å². The molecule has 0 saturated carbocycles. The lowest BCUT2D eigenvalue weighted by Crippen LogP contribution is -2.39. The normalized spacial score (nSPS) is 21.7. The summed E-state index contributed by atoms with van der Waals surface area (Å²) in [5.41, 5.74) is 1.49. The number of pyridine rings is 1. The van der Waals surface area contributed by atoms with Gasteiger partial charge in [0, 0.05) is 31.4 Å². The standard InChI is InChI=1S/C17H24N4O3S/c1-3-6-13-10-21(12-17(13)20-25(2,22)23)11-14-9-16(19-24-14)15-7-4-5-8-18-15/h4-5,7-9,13,17,20H,3,6,10-12H2,1-2H3/t13-,17-/m1/s1. The third kappa shape index (κ3) is 4.87. The summed E-state index contributed by atoms with van der Waals surface area (Å²) in [6.45, 7) is 4.26. The molecule has 0 aliphatic carbocycles. The van der Waals surface area contributed by atoms with Gasteiger partial charge in [-0.2, -0.15) is 0 Å². The lowest BCUT2D eigenvalue weighted by molar-refractivity contribution is 0.264. The van der Waals surface area contributed by atoms with Crippen LogP contribution in [-0.2, 0) is 16.6 Å². The molecule has 0 radical (unpaired) electrons. The van der Waals surface area contributed by atoms with E-state index in [2.05, 4.69) is 26.7 Å². The van der Waals surface area contributed by atoms with Crippen molar-refractivity contribution in [1.82, 2.24) is 19.8 Å². The highest BCUT2D eigenvalue weighted by atomic mass is 32.2. The lowest BCUT2D eigenvalue weighted by atomic mass is 9.99. The third-order valence-corrected chi connectivity index (χ3v) is 5.14. The van der Waals surface area contributed by atoms with Gasteiger partial charge in [0.25, 0.3) is 0 Å². The Morgan fingerprint density at radius 2 is 2.16 bits per heavy atom. The Morgan fingerprint density at radius 1 is 1.32 bits per heavy atom. The molecule has 2 aromatic rings. The Labute approximate surface area is 148 Å². The van der Waals surface area contributed by atoms with Crippen LogP contribution in [0, 0.1) is 5.92 Å². The molecule has 0 bridgehead atoms. The second kappa shape index (κ2) is 7.63. The second-order valence-corrected chi connectivity index (χ2v) is 8.41. The first-order chi connectivity index (χ1) is 11.9. The van der Waals surface area contributed by atoms with Crippen LogP contribution in [0.25, 0.3) is 11.4 Å². The first-order valence-corrected chi connectivity index (χ1v) is 10.4. The average Bonchev–Trinajstić information content (AvgIpc) is 3.15. The van der Waals surface area contributed by atoms with Gasteiger partial charge in [-0.05, 0) is 24.5 Å². The molecule has 0 spiro atoms. The first-order valence-electron chi connectivity index (χ1n) is 8.51. The molecule has 3 rings (SSSR count). The first kappa shape index (κ1) is 18.0. The predicted octanol–water partition coefficient (Wildman–Crippen LogP) is 1.89. The number of nitrogens with zero attached hydrogens (tertiary/aromatic N) is 3. The summed E-state index contributed by atoms with van der Waals surface area (Å²) in [5.74, 6) is 1.08. The highest BCUT2D eigenvalue weighted by molar-refractivity contribution is 7.88. The SMILES string of the molecule is CCC[C@@H]1CN(Cc2cc(-c3ccccn3)no2)C[C@H]1NS(C)(=O)=O. The molecule has 1 saturated heterocycles. The molecule has 7 nitrogen and oxygen atoms in total. The summed E-state index contributed by atoms with van der Waals surface area (Å²) in [6.07, 6.45) is 4.97. The number of nitrogens with one attached hydrogen (secondary N) is 1. The van der Waals surface area contributed by atoms with E-state index >= 15 is 0 Å². The van der Waals surface area contributed by atoms with Crippen LogP contribution in [0.15, 0.2) is 35.0 Å². The van der Waals surface area contributed by atoms with Gasteiger partial charge in [-0.3, -0.25) is 9.88 Å². The molecule has 2 aromatic heterocycles. The van der Waals surface area contributed by atoms with Crippen molar-refractivity contribution in [3.63, 3.8) is 0 Å². The van der Waals surface area contributed by atoms with E-state index in [1.54, 1.807) is 6.20 Å². The summed E-state index contributed by atoms with van der Waals surface area (Å²) in [5, 5.41) is 4.09. The zero-order valence-corrected chi connectivity index (χ0v) is 15.4. The average molecular weight is 364 g/mol. The Hall–Kier alpha value is -1.77. The van der Waals surface area contributed by atoms with Crippen LogP contribution < -0.4 is 4.72 Å². The van der Waals surface area contributed by atoms with E-state index in [-0.39, 0.29) is 6.04 Å². The molecule has 1 fully saturated rings. The summed E-state index contributed by atoms with van der Waals surface area (Å²) in [7, 11) is -3.21. The Balaban J connectivity index is 1.66. The van der Waals surface area contributed by atoms with Crippen LogP contribution in [0.5, 0.6) is 0 Å². The maximum absolute atomic E-state index is 11.6. The van der Waals surface area contributed by atoms with E-state index < -0.39 is 10.0 Å². The zero-order chi connectivity index (χ0) is 17.9. The van der Waals surface area contributed by atoms with E-state index in [0.29, 0.717) is 24.7 Å². The maximum atomic E-state index is 11.6. The molecular formula is C17H24N4O3S. The zero-order valence-electron chi connectivity index (χ0n) is 14.6. The van der Waals surface area contributed by atoms with Gasteiger partial charge in [-0.25, -0.2) is 13.1 Å². The van der Waals surface area contributed by atoms with E-state index in [9.17, 15) is 8.42 Å². The molecule has 25 heavy (non-hydrogen) atoms. The fourth-order valence-corrected chi connectivity index (χ4v) is 4.22. The maximum Gasteiger partial charge on any atom is 0.209 e. The van der Waals surface area contributed by atoms with Crippen LogP contribution >= 0.6 is 0 Å². The fourth-order valence-electron chi connectivity index (χ4n) is 3.40. The fraction of sp³-hybridized carbons (Fsp3) is 0.529. The van der Waals surface area contributed by atoms with Crippen molar-refractivity contribution < 1.29 is 12.9 Å². The Morgan fingerprint density at radius 3 is 2.84 bits per heavy atom. The van der Waals surface area contributed by atoms with E-state index in [0.717, 1.165) is 30.8 Å². The summed E-state index contributed by atoms with van der Waals surface area (Å²) in [4.78, 5) is 6.48. The number of hydrogen-bond acceptors (Lipinski definition) is 6. The third-order valence-electron chi connectivity index (χ3n) is 4.41. The van der Waals surface area contributed by atoms with Crippen LogP contribution in [-0.4, -0.2) is 48.8 Å². The van der Waals surface area contributed by atoms with Crippen molar-refractivity contribution in [3.05, 3.63) is 36.2 Å². The molecule has 2 atom stereocenters. The van der Waals surface area contributed by atoms with E-state index in [4.69, 9.17) is 4.52 Å². The van der Waals surface area contributed by atoms with E-state index in [1.165, 1.54) is 6.26 Å². The number of hydrogen-bond donors (Lipinski definition) is 1. The van der Waals surface area contributed by atoms with Crippen molar-refractivity contribution in [2.45, 2.75) is 32.4 Å². The molecule has 8 heteroatoms. The molecule has 0 amide bonds. The second-order valence-electron chi connectivity index (χ2n) is 6.63. The van der Waals surface area contributed by atoms with Crippen molar-refractivity contribution in [1.29, 1.82) is 0 Å². The van der Waals surface area contributed by atoms with E-state index in [1.807, 2.05) is 24.3 Å². The van der Waals surface area contributed by atoms with Gasteiger partial charge in [0.1, 0.15) is 5.69 Å². The predicted molar refractivity (Wildman–Crippen MR) is 95.2 cm³/mol. The number of sulfonamides is 1. The van der Waals surface area contributed by atoms with Gasteiger partial charge >= 0.3 is 0 Å². The monoisotopic (exact) mass is 364 g/mol. The van der Waals surface area contributed by atoms with Crippen molar-refractivity contribution >= 4 is 10.0 Å². The quantitative estimate of drug-likeness (QED) is 0.807. The van der Waals surface area contributed by atoms with Crippen LogP contribution in [0.4, 0.5) is 0 Å². The number of rotatable bonds is 7. The van der Waals surface area contributed by atoms with Crippen molar-refractivity contribution in [3.8, 4) is 11.4 Å². The molecule has 0 aromatic carbocycles. The minimum Gasteiger partial charge on any atom is -0.359 e. The molecule has 1 aliphatic heterocycles. The van der Waals surface area contributed by atoms with Gasteiger partial charge < -0.3 is 4.52 Å². The van der Waals surface area contributed by atoms with Gasteiger partial charge in [-0.15, -0.1) is 0 Å². The van der Waals surface area contributed by atoms with Gasteiger partial charge in [0.15, 0.2) is 5.76 Å². The number of aromatic nitrogens is 2. The Bertz CT molecular complexity index is 791.